The number of rotatable bonds is 6. The highest BCUT2D eigenvalue weighted by Crippen LogP contribution is 2.13. The monoisotopic (exact) mass is 372 g/mol. The molecule has 2 aromatic rings. The number of para-hydroxylation sites is 1. The Balaban J connectivity index is 1.40. The lowest BCUT2D eigenvalue weighted by Crippen LogP contribution is -2.52. The number of piperazine rings is 1. The first-order valence-electron chi connectivity index (χ1n) is 8.73. The molecule has 0 atom stereocenters. The molecule has 0 bridgehead atoms. The van der Waals surface area contributed by atoms with E-state index >= 15 is 0 Å². The van der Waals surface area contributed by atoms with Crippen LogP contribution >= 0.6 is 0 Å². The average molecular weight is 372 g/mol. The number of nitrogens with zero attached hydrogens (tertiary/aromatic N) is 2. The zero-order chi connectivity index (χ0) is 19.1. The van der Waals surface area contributed by atoms with E-state index in [1.165, 1.54) is 18.2 Å². The quantitative estimate of drug-likeness (QED) is 0.778. The Morgan fingerprint density at radius 2 is 1.30 bits per heavy atom. The topological polar surface area (TPSA) is 59.1 Å². The van der Waals surface area contributed by atoms with Gasteiger partial charge in [-0.25, -0.2) is 4.39 Å². The fourth-order valence-electron chi connectivity index (χ4n) is 2.75. The Labute approximate surface area is 157 Å². The molecule has 1 saturated heterocycles. The van der Waals surface area contributed by atoms with E-state index in [1.54, 1.807) is 28.0 Å². The third-order valence-electron chi connectivity index (χ3n) is 4.25. The highest BCUT2D eigenvalue weighted by molar-refractivity contribution is 5.80. The molecule has 1 aliphatic heterocycles. The molecule has 2 amide bonds. The van der Waals surface area contributed by atoms with E-state index < -0.39 is 5.82 Å². The predicted octanol–water partition coefficient (Wildman–Crippen LogP) is 1.95. The molecule has 0 unspecified atom stereocenters. The molecule has 0 aliphatic carbocycles. The van der Waals surface area contributed by atoms with Crippen molar-refractivity contribution in [2.45, 2.75) is 0 Å². The summed E-state index contributed by atoms with van der Waals surface area (Å²) < 4.78 is 23.9. The van der Waals surface area contributed by atoms with Crippen molar-refractivity contribution < 1.29 is 23.5 Å². The summed E-state index contributed by atoms with van der Waals surface area (Å²) in [6.07, 6.45) is 0. The van der Waals surface area contributed by atoms with Gasteiger partial charge in [-0.2, -0.15) is 0 Å². The van der Waals surface area contributed by atoms with Gasteiger partial charge in [-0.15, -0.1) is 0 Å². The molecule has 0 radical (unpaired) electrons. The lowest BCUT2D eigenvalue weighted by atomic mass is 10.3. The van der Waals surface area contributed by atoms with E-state index in [0.717, 1.165) is 0 Å². The standard InChI is InChI=1S/C20H21FN2O4/c21-16-5-4-8-18(13-16)27-15-20(25)23-11-9-22(10-12-23)19(24)14-26-17-6-2-1-3-7-17/h1-8,13H,9-12,14-15H2. The van der Waals surface area contributed by atoms with Crippen LogP contribution in [0.3, 0.4) is 0 Å². The summed E-state index contributed by atoms with van der Waals surface area (Å²) in [5, 5.41) is 0. The van der Waals surface area contributed by atoms with Gasteiger partial charge in [0.2, 0.25) is 0 Å². The maximum atomic E-state index is 13.1. The van der Waals surface area contributed by atoms with E-state index in [2.05, 4.69) is 0 Å². The van der Waals surface area contributed by atoms with Crippen molar-refractivity contribution in [1.29, 1.82) is 0 Å². The van der Waals surface area contributed by atoms with Crippen LogP contribution in [0.25, 0.3) is 0 Å². The fourth-order valence-corrected chi connectivity index (χ4v) is 2.75. The van der Waals surface area contributed by atoms with Crippen LogP contribution < -0.4 is 9.47 Å². The van der Waals surface area contributed by atoms with E-state index in [4.69, 9.17) is 9.47 Å². The minimum absolute atomic E-state index is 0.0271. The molecule has 3 rings (SSSR count). The molecule has 6 nitrogen and oxygen atoms in total. The van der Waals surface area contributed by atoms with E-state index in [-0.39, 0.29) is 25.0 Å². The first-order chi connectivity index (χ1) is 13.1. The minimum Gasteiger partial charge on any atom is -0.484 e. The summed E-state index contributed by atoms with van der Waals surface area (Å²) in [4.78, 5) is 27.8. The predicted molar refractivity (Wildman–Crippen MR) is 97.0 cm³/mol. The SMILES string of the molecule is O=C(COc1ccccc1)N1CCN(C(=O)COc2cccc(F)c2)CC1. The van der Waals surface area contributed by atoms with Gasteiger partial charge < -0.3 is 19.3 Å². The molecule has 27 heavy (non-hydrogen) atoms. The van der Waals surface area contributed by atoms with Gasteiger partial charge >= 0.3 is 0 Å². The first-order valence-corrected chi connectivity index (χ1v) is 8.73. The number of hydrogen-bond donors (Lipinski definition) is 0. The van der Waals surface area contributed by atoms with E-state index in [0.29, 0.717) is 37.7 Å². The van der Waals surface area contributed by atoms with Crippen molar-refractivity contribution in [3.05, 3.63) is 60.4 Å². The van der Waals surface area contributed by atoms with Crippen molar-refractivity contribution in [2.24, 2.45) is 0 Å². The summed E-state index contributed by atoms with van der Waals surface area (Å²) in [5.41, 5.74) is 0. The zero-order valence-corrected chi connectivity index (χ0v) is 14.8. The van der Waals surface area contributed by atoms with Gasteiger partial charge in [0.1, 0.15) is 17.3 Å². The van der Waals surface area contributed by atoms with Crippen molar-refractivity contribution in [1.82, 2.24) is 9.80 Å². The van der Waals surface area contributed by atoms with Crippen LogP contribution in [0.15, 0.2) is 54.6 Å². The summed E-state index contributed by atoms with van der Waals surface area (Å²) in [6, 6.07) is 14.8. The third kappa shape index (κ3) is 5.44. The summed E-state index contributed by atoms with van der Waals surface area (Å²) in [5.74, 6) is 0.253. The van der Waals surface area contributed by atoms with Gasteiger partial charge in [0.25, 0.3) is 11.8 Å². The number of carbonyl (C=O) groups is 2. The van der Waals surface area contributed by atoms with Gasteiger partial charge in [-0.05, 0) is 24.3 Å². The van der Waals surface area contributed by atoms with Crippen LogP contribution in [-0.4, -0.2) is 61.0 Å². The molecule has 0 saturated carbocycles. The number of benzene rings is 2. The van der Waals surface area contributed by atoms with Crippen LogP contribution in [0.5, 0.6) is 11.5 Å². The second-order valence-electron chi connectivity index (χ2n) is 6.11. The highest BCUT2D eigenvalue weighted by Gasteiger charge is 2.24. The van der Waals surface area contributed by atoms with E-state index in [9.17, 15) is 14.0 Å². The highest BCUT2D eigenvalue weighted by atomic mass is 19.1. The van der Waals surface area contributed by atoms with Gasteiger partial charge in [-0.1, -0.05) is 24.3 Å². The zero-order valence-electron chi connectivity index (χ0n) is 14.8. The number of hydrogen-bond acceptors (Lipinski definition) is 4. The van der Waals surface area contributed by atoms with E-state index in [1.807, 2.05) is 18.2 Å². The third-order valence-corrected chi connectivity index (χ3v) is 4.25. The molecule has 0 N–H and O–H groups in total. The van der Waals surface area contributed by atoms with Crippen molar-refractivity contribution in [3.8, 4) is 11.5 Å². The number of ether oxygens (including phenoxy) is 2. The Bertz CT molecular complexity index is 777. The van der Waals surface area contributed by atoms with Crippen LogP contribution in [-0.2, 0) is 9.59 Å². The molecule has 0 aromatic heterocycles. The maximum Gasteiger partial charge on any atom is 0.260 e. The second-order valence-corrected chi connectivity index (χ2v) is 6.11. The molecule has 0 spiro atoms. The van der Waals surface area contributed by atoms with Crippen molar-refractivity contribution >= 4 is 11.8 Å². The second kappa shape index (κ2) is 9.02. The molecule has 1 heterocycles. The average Bonchev–Trinajstić information content (AvgIpc) is 2.71. The number of amides is 2. The van der Waals surface area contributed by atoms with Crippen molar-refractivity contribution in [2.75, 3.05) is 39.4 Å². The molecular formula is C20H21FN2O4. The minimum atomic E-state index is -0.412. The maximum absolute atomic E-state index is 13.1. The Morgan fingerprint density at radius 3 is 1.85 bits per heavy atom. The molecule has 1 fully saturated rings. The smallest absolute Gasteiger partial charge is 0.260 e. The largest absolute Gasteiger partial charge is 0.484 e. The summed E-state index contributed by atoms with van der Waals surface area (Å²) in [7, 11) is 0. The van der Waals surface area contributed by atoms with Crippen LogP contribution in [0.1, 0.15) is 0 Å². The number of halogens is 1. The number of carbonyl (C=O) groups excluding carboxylic acids is 2. The summed E-state index contributed by atoms with van der Waals surface area (Å²) >= 11 is 0. The lowest BCUT2D eigenvalue weighted by molar-refractivity contribution is -0.141. The van der Waals surface area contributed by atoms with Crippen LogP contribution in [0, 0.1) is 5.82 Å². The summed E-state index contributed by atoms with van der Waals surface area (Å²) in [6.45, 7) is 1.57. The molecule has 2 aromatic carbocycles. The first kappa shape index (κ1) is 18.7. The van der Waals surface area contributed by atoms with Crippen molar-refractivity contribution in [3.63, 3.8) is 0 Å². The molecule has 1 aliphatic rings. The normalized spacial score (nSPS) is 14.0. The van der Waals surface area contributed by atoms with Gasteiger partial charge in [0.05, 0.1) is 0 Å². The molecule has 142 valence electrons. The Morgan fingerprint density at radius 1 is 0.778 bits per heavy atom. The lowest BCUT2D eigenvalue weighted by Gasteiger charge is -2.34. The van der Waals surface area contributed by atoms with Gasteiger partial charge in [0.15, 0.2) is 13.2 Å². The van der Waals surface area contributed by atoms with Gasteiger partial charge in [0, 0.05) is 32.2 Å². The van der Waals surface area contributed by atoms with Gasteiger partial charge in [-0.3, -0.25) is 9.59 Å². The molecule has 7 heteroatoms. The Hall–Kier alpha value is -3.09. The fraction of sp³-hybridized carbons (Fsp3) is 0.300. The van der Waals surface area contributed by atoms with Crippen LogP contribution in [0.4, 0.5) is 4.39 Å². The Kier molecular flexibility index (Phi) is 6.25. The molecular weight excluding hydrogens is 351 g/mol. The van der Waals surface area contributed by atoms with Crippen LogP contribution in [0.2, 0.25) is 0 Å².